The van der Waals surface area contributed by atoms with Crippen molar-refractivity contribution in [2.24, 2.45) is 0 Å². The summed E-state index contributed by atoms with van der Waals surface area (Å²) in [6.45, 7) is -0.873. The van der Waals surface area contributed by atoms with Crippen molar-refractivity contribution in [3.05, 3.63) is 23.7 Å². The van der Waals surface area contributed by atoms with Gasteiger partial charge in [0.2, 0.25) is 5.76 Å². The van der Waals surface area contributed by atoms with E-state index < -0.39 is 24.7 Å². The number of hydrogen-bond donors (Lipinski definition) is 1. The Morgan fingerprint density at radius 2 is 2.21 bits per heavy atom. The van der Waals surface area contributed by atoms with Crippen LogP contribution in [0.3, 0.4) is 0 Å². The van der Waals surface area contributed by atoms with Gasteiger partial charge in [-0.15, -0.1) is 13.2 Å². The van der Waals surface area contributed by atoms with Gasteiger partial charge in [-0.1, -0.05) is 0 Å². The monoisotopic (exact) mass is 210 g/mol. The molecule has 0 saturated carbocycles. The third kappa shape index (κ3) is 2.77. The van der Waals surface area contributed by atoms with Crippen molar-refractivity contribution in [2.45, 2.75) is 13.0 Å². The number of carbonyl (C=O) groups is 1. The second-order valence-electron chi connectivity index (χ2n) is 2.31. The number of alkyl halides is 3. The molecule has 0 radical (unpaired) electrons. The first-order valence-electron chi connectivity index (χ1n) is 3.40. The Bertz CT molecular complexity index is 328. The maximum Gasteiger partial charge on any atom is 0.522 e. The van der Waals surface area contributed by atoms with Gasteiger partial charge in [0.25, 0.3) is 0 Å². The summed E-state index contributed by atoms with van der Waals surface area (Å²) in [5.74, 6) is -1.98. The predicted molar refractivity (Wildman–Crippen MR) is 36.5 cm³/mol. The molecule has 1 aromatic rings. The number of aromatic carboxylic acids is 1. The molecule has 0 atom stereocenters. The standard InChI is InChI=1S/C7H5F3O4/c8-7(9,10)14-3-4-1-2-13-5(4)6(11)12/h1-2H,3H2,(H,11,12). The molecule has 0 amide bonds. The SMILES string of the molecule is O=C(O)c1occc1COC(F)(F)F. The molecule has 4 nitrogen and oxygen atoms in total. The summed E-state index contributed by atoms with van der Waals surface area (Å²) in [7, 11) is 0. The topological polar surface area (TPSA) is 59.7 Å². The summed E-state index contributed by atoms with van der Waals surface area (Å²) in [6, 6.07) is 1.11. The Labute approximate surface area is 75.9 Å². The lowest BCUT2D eigenvalue weighted by Crippen LogP contribution is -2.13. The number of halogens is 3. The van der Waals surface area contributed by atoms with Crippen molar-refractivity contribution in [1.82, 2.24) is 0 Å². The van der Waals surface area contributed by atoms with E-state index in [0.717, 1.165) is 12.3 Å². The maximum atomic E-state index is 11.6. The highest BCUT2D eigenvalue weighted by Crippen LogP contribution is 2.20. The van der Waals surface area contributed by atoms with E-state index in [9.17, 15) is 18.0 Å². The lowest BCUT2D eigenvalue weighted by molar-refractivity contribution is -0.330. The van der Waals surface area contributed by atoms with Gasteiger partial charge in [0, 0.05) is 5.56 Å². The van der Waals surface area contributed by atoms with Crippen LogP contribution in [0.1, 0.15) is 16.1 Å². The number of carboxylic acid groups (broad SMARTS) is 1. The normalized spacial score (nSPS) is 11.6. The second-order valence-corrected chi connectivity index (χ2v) is 2.31. The zero-order valence-electron chi connectivity index (χ0n) is 6.67. The largest absolute Gasteiger partial charge is 0.522 e. The number of furan rings is 1. The van der Waals surface area contributed by atoms with Crippen LogP contribution in [0.15, 0.2) is 16.7 Å². The molecule has 78 valence electrons. The van der Waals surface area contributed by atoms with Crippen molar-refractivity contribution < 1.29 is 32.2 Å². The van der Waals surface area contributed by atoms with Gasteiger partial charge in [0.1, 0.15) is 0 Å². The fourth-order valence-corrected chi connectivity index (χ4v) is 0.797. The zero-order chi connectivity index (χ0) is 10.8. The van der Waals surface area contributed by atoms with Crippen molar-refractivity contribution in [3.63, 3.8) is 0 Å². The molecule has 0 saturated heterocycles. The Morgan fingerprint density at radius 3 is 2.71 bits per heavy atom. The van der Waals surface area contributed by atoms with Crippen LogP contribution >= 0.6 is 0 Å². The van der Waals surface area contributed by atoms with E-state index in [2.05, 4.69) is 9.15 Å². The minimum Gasteiger partial charge on any atom is -0.475 e. The third-order valence-corrected chi connectivity index (χ3v) is 1.33. The molecule has 0 fully saturated rings. The first-order chi connectivity index (χ1) is 6.40. The van der Waals surface area contributed by atoms with Gasteiger partial charge in [0.05, 0.1) is 12.9 Å². The Hall–Kier alpha value is -1.50. The molecule has 0 bridgehead atoms. The van der Waals surface area contributed by atoms with E-state index in [1.54, 1.807) is 0 Å². The Kier molecular flexibility index (Phi) is 2.80. The van der Waals surface area contributed by atoms with Crippen molar-refractivity contribution in [3.8, 4) is 0 Å². The molecule has 0 aliphatic rings. The van der Waals surface area contributed by atoms with Crippen LogP contribution in [0, 0.1) is 0 Å². The quantitative estimate of drug-likeness (QED) is 0.828. The minimum absolute atomic E-state index is 0.158. The van der Waals surface area contributed by atoms with E-state index in [1.807, 2.05) is 0 Å². The molecule has 14 heavy (non-hydrogen) atoms. The molecule has 1 N–H and O–H groups in total. The lowest BCUT2D eigenvalue weighted by Gasteiger charge is -2.05. The summed E-state index contributed by atoms with van der Waals surface area (Å²) < 4.78 is 42.6. The smallest absolute Gasteiger partial charge is 0.475 e. The van der Waals surface area contributed by atoms with Gasteiger partial charge in [-0.3, -0.25) is 4.74 Å². The van der Waals surface area contributed by atoms with Crippen LogP contribution in [-0.4, -0.2) is 17.4 Å². The fraction of sp³-hybridized carbons (Fsp3) is 0.286. The molecule has 0 aliphatic heterocycles. The van der Waals surface area contributed by atoms with Crippen molar-refractivity contribution in [2.75, 3.05) is 0 Å². The highest BCUT2D eigenvalue weighted by atomic mass is 19.4. The number of rotatable bonds is 3. The minimum atomic E-state index is -4.78. The molecule has 1 heterocycles. The van der Waals surface area contributed by atoms with Crippen LogP contribution in [0.25, 0.3) is 0 Å². The predicted octanol–water partition coefficient (Wildman–Crippen LogP) is 2.01. The summed E-state index contributed by atoms with van der Waals surface area (Å²) >= 11 is 0. The molecule has 0 unspecified atom stereocenters. The second kappa shape index (κ2) is 3.70. The highest BCUT2D eigenvalue weighted by molar-refractivity contribution is 5.85. The maximum absolute atomic E-state index is 11.6. The van der Waals surface area contributed by atoms with Crippen LogP contribution < -0.4 is 0 Å². The fourth-order valence-electron chi connectivity index (χ4n) is 0.797. The molecule has 1 aromatic heterocycles. The first-order valence-corrected chi connectivity index (χ1v) is 3.40. The van der Waals surface area contributed by atoms with E-state index in [-0.39, 0.29) is 5.56 Å². The lowest BCUT2D eigenvalue weighted by atomic mass is 10.3. The van der Waals surface area contributed by atoms with Crippen LogP contribution in [-0.2, 0) is 11.3 Å². The summed E-state index contributed by atoms with van der Waals surface area (Å²) in [5.41, 5.74) is -0.158. The van der Waals surface area contributed by atoms with E-state index in [4.69, 9.17) is 5.11 Å². The Balaban J connectivity index is 2.68. The van der Waals surface area contributed by atoms with Crippen molar-refractivity contribution >= 4 is 5.97 Å². The van der Waals surface area contributed by atoms with Crippen LogP contribution in [0.2, 0.25) is 0 Å². The average molecular weight is 210 g/mol. The van der Waals surface area contributed by atoms with E-state index in [1.165, 1.54) is 0 Å². The molecular formula is C7H5F3O4. The van der Waals surface area contributed by atoms with E-state index in [0.29, 0.717) is 0 Å². The molecule has 0 aromatic carbocycles. The molecule has 1 rings (SSSR count). The number of ether oxygens (including phenoxy) is 1. The molecular weight excluding hydrogens is 205 g/mol. The molecule has 0 spiro atoms. The van der Waals surface area contributed by atoms with Gasteiger partial charge in [-0.25, -0.2) is 4.79 Å². The third-order valence-electron chi connectivity index (χ3n) is 1.33. The van der Waals surface area contributed by atoms with E-state index >= 15 is 0 Å². The molecule has 0 aliphatic carbocycles. The summed E-state index contributed by atoms with van der Waals surface area (Å²) in [6.07, 6.45) is -3.80. The first kappa shape index (κ1) is 10.6. The summed E-state index contributed by atoms with van der Waals surface area (Å²) in [5, 5.41) is 8.45. The van der Waals surface area contributed by atoms with Gasteiger partial charge in [-0.2, -0.15) is 0 Å². The van der Waals surface area contributed by atoms with Crippen LogP contribution in [0.4, 0.5) is 13.2 Å². The number of carboxylic acids is 1. The van der Waals surface area contributed by atoms with Crippen molar-refractivity contribution in [1.29, 1.82) is 0 Å². The summed E-state index contributed by atoms with van der Waals surface area (Å²) in [4.78, 5) is 10.4. The zero-order valence-corrected chi connectivity index (χ0v) is 6.67. The van der Waals surface area contributed by atoms with Gasteiger partial charge in [-0.05, 0) is 6.07 Å². The average Bonchev–Trinajstić information content (AvgIpc) is 2.46. The number of hydrogen-bond acceptors (Lipinski definition) is 3. The van der Waals surface area contributed by atoms with Gasteiger partial charge in [0.15, 0.2) is 0 Å². The van der Waals surface area contributed by atoms with Crippen LogP contribution in [0.5, 0.6) is 0 Å². The Morgan fingerprint density at radius 1 is 1.57 bits per heavy atom. The van der Waals surface area contributed by atoms with Gasteiger partial charge < -0.3 is 9.52 Å². The highest BCUT2D eigenvalue weighted by Gasteiger charge is 2.30. The van der Waals surface area contributed by atoms with Gasteiger partial charge >= 0.3 is 12.3 Å². The molecule has 7 heteroatoms.